The first-order valence-corrected chi connectivity index (χ1v) is 24.8. The van der Waals surface area contributed by atoms with E-state index in [4.69, 9.17) is 15.0 Å². The molecule has 3 heteroatoms. The first-order chi connectivity index (χ1) is 36.1. The molecule has 344 valence electrons. The fraction of sp³-hybridized carbons (Fsp3) is 0.0143. The van der Waals surface area contributed by atoms with Gasteiger partial charge in [-0.05, 0) is 127 Å². The fourth-order valence-corrected chi connectivity index (χ4v) is 10.0. The molecule has 0 bridgehead atoms. The van der Waals surface area contributed by atoms with E-state index in [1.807, 2.05) is 30.7 Å². The third kappa shape index (κ3) is 9.32. The summed E-state index contributed by atoms with van der Waals surface area (Å²) in [5.74, 6) is 0. The van der Waals surface area contributed by atoms with Gasteiger partial charge in [0.15, 0.2) is 0 Å². The van der Waals surface area contributed by atoms with Gasteiger partial charge in [0.1, 0.15) is 0 Å². The van der Waals surface area contributed by atoms with Crippen LogP contribution in [0.25, 0.3) is 123 Å². The largest absolute Gasteiger partial charge is 0.256 e. The SMILES string of the molecule is Cc1ccc(-c2ccc(-c3ccccc3-c3cc(-c4ccccc4-c4ccc(-c5ccccc5)nc4)cc(-c4ccccc4-c4ccc(-c5ccccc5)nc4)c3)cn2)cc1-c1ccc(-c2ccccc2)cc1. The predicted molar refractivity (Wildman–Crippen MR) is 304 cm³/mol. The van der Waals surface area contributed by atoms with Crippen LogP contribution < -0.4 is 0 Å². The summed E-state index contributed by atoms with van der Waals surface area (Å²) in [5, 5.41) is 0. The number of hydrogen-bond donors (Lipinski definition) is 0. The lowest BCUT2D eigenvalue weighted by Gasteiger charge is -2.18. The first kappa shape index (κ1) is 44.6. The number of aryl methyl sites for hydroxylation is 1. The molecule has 0 saturated heterocycles. The molecular formula is C70H49N3. The molecule has 3 aromatic heterocycles. The van der Waals surface area contributed by atoms with E-state index < -0.39 is 0 Å². The Morgan fingerprint density at radius 3 is 0.849 bits per heavy atom. The molecule has 0 aliphatic carbocycles. The van der Waals surface area contributed by atoms with Crippen LogP contribution in [-0.4, -0.2) is 15.0 Å². The van der Waals surface area contributed by atoms with Gasteiger partial charge in [0.05, 0.1) is 17.1 Å². The van der Waals surface area contributed by atoms with Crippen molar-refractivity contribution in [3.8, 4) is 123 Å². The van der Waals surface area contributed by atoms with E-state index >= 15 is 0 Å². The lowest BCUT2D eigenvalue weighted by molar-refractivity contribution is 1.32. The summed E-state index contributed by atoms with van der Waals surface area (Å²) in [6.45, 7) is 2.18. The number of hydrogen-bond acceptors (Lipinski definition) is 3. The van der Waals surface area contributed by atoms with Gasteiger partial charge in [-0.1, -0.05) is 218 Å². The predicted octanol–water partition coefficient (Wildman–Crippen LogP) is 18.5. The molecule has 0 aliphatic rings. The summed E-state index contributed by atoms with van der Waals surface area (Å²) in [5.41, 5.74) is 25.3. The van der Waals surface area contributed by atoms with E-state index in [0.29, 0.717) is 0 Å². The molecule has 0 unspecified atom stereocenters. The van der Waals surface area contributed by atoms with Crippen molar-refractivity contribution < 1.29 is 0 Å². The summed E-state index contributed by atoms with van der Waals surface area (Å²) in [6, 6.07) is 92.8. The average molecular weight is 932 g/mol. The standard InChI is InChI=1S/C70H49N3/c1-48-29-30-54(44-67(48)51-33-31-50(32-34-51)49-17-5-2-6-18-49)70-40-37-57(47-73-70)63-25-13-16-28-66(63)60-42-58(64-26-14-11-23-61(64)55-35-38-68(71-45-55)52-19-7-3-8-20-52)41-59(43-60)65-27-15-12-24-62(65)56-36-39-69(72-46-56)53-21-9-4-10-22-53/h2-47H,1H3. The molecule has 0 saturated carbocycles. The second-order valence-corrected chi connectivity index (χ2v) is 18.4. The summed E-state index contributed by atoms with van der Waals surface area (Å²) in [4.78, 5) is 15.0. The van der Waals surface area contributed by atoms with Gasteiger partial charge in [-0.15, -0.1) is 0 Å². The lowest BCUT2D eigenvalue weighted by atomic mass is 9.86. The van der Waals surface area contributed by atoms with Crippen LogP contribution in [0.5, 0.6) is 0 Å². The van der Waals surface area contributed by atoms with Gasteiger partial charge < -0.3 is 0 Å². The minimum atomic E-state index is 0.929. The molecular weight excluding hydrogens is 883 g/mol. The van der Waals surface area contributed by atoms with Crippen molar-refractivity contribution in [2.24, 2.45) is 0 Å². The normalized spacial score (nSPS) is 11.1. The summed E-state index contributed by atoms with van der Waals surface area (Å²) in [7, 11) is 0. The van der Waals surface area contributed by atoms with Crippen molar-refractivity contribution in [1.82, 2.24) is 15.0 Å². The molecule has 3 heterocycles. The highest BCUT2D eigenvalue weighted by Gasteiger charge is 2.17. The average Bonchev–Trinajstić information content (AvgIpc) is 3.48. The second kappa shape index (κ2) is 20.0. The van der Waals surface area contributed by atoms with E-state index in [-0.39, 0.29) is 0 Å². The lowest BCUT2D eigenvalue weighted by Crippen LogP contribution is -1.93. The molecule has 12 aromatic rings. The molecule has 0 atom stereocenters. The molecule has 0 radical (unpaired) electrons. The number of rotatable bonds is 11. The Hall–Kier alpha value is -9.57. The van der Waals surface area contributed by atoms with Crippen LogP contribution in [0.3, 0.4) is 0 Å². The van der Waals surface area contributed by atoms with Crippen molar-refractivity contribution in [3.05, 3.63) is 285 Å². The van der Waals surface area contributed by atoms with Gasteiger partial charge in [0, 0.05) is 52.0 Å². The highest BCUT2D eigenvalue weighted by Crippen LogP contribution is 2.43. The number of nitrogens with zero attached hydrogens (tertiary/aromatic N) is 3. The van der Waals surface area contributed by atoms with Gasteiger partial charge in [-0.2, -0.15) is 0 Å². The second-order valence-electron chi connectivity index (χ2n) is 18.4. The van der Waals surface area contributed by atoms with E-state index in [1.165, 1.54) is 27.8 Å². The number of pyridine rings is 3. The van der Waals surface area contributed by atoms with Crippen LogP contribution >= 0.6 is 0 Å². The van der Waals surface area contributed by atoms with E-state index in [0.717, 1.165) is 101 Å². The maximum Gasteiger partial charge on any atom is 0.0702 e. The minimum Gasteiger partial charge on any atom is -0.256 e. The number of aromatic nitrogens is 3. The Bertz CT molecular complexity index is 3700. The zero-order chi connectivity index (χ0) is 48.9. The Morgan fingerprint density at radius 2 is 0.479 bits per heavy atom. The Morgan fingerprint density at radius 1 is 0.192 bits per heavy atom. The van der Waals surface area contributed by atoms with Crippen LogP contribution in [0.2, 0.25) is 0 Å². The Kier molecular flexibility index (Phi) is 12.2. The molecule has 0 N–H and O–H groups in total. The van der Waals surface area contributed by atoms with Crippen molar-refractivity contribution in [3.63, 3.8) is 0 Å². The Balaban J connectivity index is 0.938. The van der Waals surface area contributed by atoms with Crippen molar-refractivity contribution >= 4 is 0 Å². The summed E-state index contributed by atoms with van der Waals surface area (Å²) >= 11 is 0. The fourth-order valence-electron chi connectivity index (χ4n) is 10.0. The van der Waals surface area contributed by atoms with Crippen molar-refractivity contribution in [2.75, 3.05) is 0 Å². The van der Waals surface area contributed by atoms with Crippen molar-refractivity contribution in [1.29, 1.82) is 0 Å². The maximum atomic E-state index is 5.14. The van der Waals surface area contributed by atoms with Gasteiger partial charge >= 0.3 is 0 Å². The highest BCUT2D eigenvalue weighted by molar-refractivity contribution is 5.94. The van der Waals surface area contributed by atoms with E-state index in [9.17, 15) is 0 Å². The molecule has 12 rings (SSSR count). The van der Waals surface area contributed by atoms with Crippen LogP contribution in [0.1, 0.15) is 5.56 Å². The summed E-state index contributed by atoms with van der Waals surface area (Å²) < 4.78 is 0. The smallest absolute Gasteiger partial charge is 0.0702 e. The van der Waals surface area contributed by atoms with Crippen LogP contribution in [0.4, 0.5) is 0 Å². The highest BCUT2D eigenvalue weighted by atomic mass is 14.7. The molecule has 0 spiro atoms. The third-order valence-electron chi connectivity index (χ3n) is 13.8. The van der Waals surface area contributed by atoms with Gasteiger partial charge in [-0.3, -0.25) is 15.0 Å². The molecule has 0 amide bonds. The maximum absolute atomic E-state index is 5.14. The topological polar surface area (TPSA) is 38.7 Å². The third-order valence-corrected chi connectivity index (χ3v) is 13.8. The van der Waals surface area contributed by atoms with Crippen molar-refractivity contribution in [2.45, 2.75) is 6.92 Å². The molecule has 3 nitrogen and oxygen atoms in total. The zero-order valence-corrected chi connectivity index (χ0v) is 40.4. The van der Waals surface area contributed by atoms with E-state index in [1.54, 1.807) is 0 Å². The number of benzene rings is 9. The molecule has 0 fully saturated rings. The van der Waals surface area contributed by atoms with Crippen LogP contribution in [-0.2, 0) is 0 Å². The first-order valence-electron chi connectivity index (χ1n) is 24.8. The van der Waals surface area contributed by atoms with Gasteiger partial charge in [0.2, 0.25) is 0 Å². The van der Waals surface area contributed by atoms with Crippen LogP contribution in [0, 0.1) is 6.92 Å². The monoisotopic (exact) mass is 931 g/mol. The van der Waals surface area contributed by atoms with Gasteiger partial charge in [0.25, 0.3) is 0 Å². The zero-order valence-electron chi connectivity index (χ0n) is 40.4. The van der Waals surface area contributed by atoms with Crippen LogP contribution in [0.15, 0.2) is 279 Å². The molecule has 0 aliphatic heterocycles. The summed E-state index contributed by atoms with van der Waals surface area (Å²) in [6.07, 6.45) is 6.02. The molecule has 73 heavy (non-hydrogen) atoms. The minimum absolute atomic E-state index is 0.929. The van der Waals surface area contributed by atoms with E-state index in [2.05, 4.69) is 256 Å². The Labute approximate surface area is 427 Å². The molecule has 9 aromatic carbocycles. The van der Waals surface area contributed by atoms with Gasteiger partial charge in [-0.25, -0.2) is 0 Å². The quantitative estimate of drug-likeness (QED) is 0.130.